The minimum Gasteiger partial charge on any atom is -0.308 e. The van der Waals surface area contributed by atoms with Gasteiger partial charge in [0.05, 0.1) is 0 Å². The molecular weight excluding hydrogens is 202 g/mol. The number of nitrogens with one attached hydrogen (secondary N) is 1. The van der Waals surface area contributed by atoms with Gasteiger partial charge in [-0.25, -0.2) is 0 Å². The van der Waals surface area contributed by atoms with Crippen molar-refractivity contribution in [2.24, 2.45) is 0 Å². The molecule has 2 heteroatoms. The molecule has 15 heavy (non-hydrogen) atoms. The number of benzene rings is 1. The van der Waals surface area contributed by atoms with Crippen molar-refractivity contribution in [3.8, 4) is 0 Å². The van der Waals surface area contributed by atoms with Crippen LogP contribution in [0, 0.1) is 6.92 Å². The van der Waals surface area contributed by atoms with Crippen LogP contribution in [0.1, 0.15) is 37.4 Å². The van der Waals surface area contributed by atoms with Crippen molar-refractivity contribution >= 4 is 11.8 Å². The summed E-state index contributed by atoms with van der Waals surface area (Å²) in [4.78, 5) is 1.46. The Balaban J connectivity index is 2.28. The van der Waals surface area contributed by atoms with Crippen LogP contribution in [0.15, 0.2) is 23.1 Å². The maximum atomic E-state index is 3.65. The predicted molar refractivity (Wildman–Crippen MR) is 67.5 cm³/mol. The van der Waals surface area contributed by atoms with Crippen molar-refractivity contribution in [2.75, 3.05) is 5.75 Å². The molecule has 0 aromatic heterocycles. The lowest BCUT2D eigenvalue weighted by Gasteiger charge is -2.28. The first kappa shape index (κ1) is 11.0. The predicted octanol–water partition coefficient (Wildman–Crippen LogP) is 3.53. The molecule has 1 aromatic carbocycles. The summed E-state index contributed by atoms with van der Waals surface area (Å²) in [5.41, 5.74) is 2.87. The molecule has 1 aliphatic heterocycles. The van der Waals surface area contributed by atoms with Crippen molar-refractivity contribution in [3.05, 3.63) is 29.3 Å². The van der Waals surface area contributed by atoms with Crippen LogP contribution in [0.4, 0.5) is 0 Å². The second-order valence-corrected chi connectivity index (χ2v) is 5.69. The molecule has 0 spiro atoms. The Morgan fingerprint density at radius 3 is 2.93 bits per heavy atom. The number of hydrogen-bond acceptors (Lipinski definition) is 2. The van der Waals surface area contributed by atoms with Crippen LogP contribution in [0.2, 0.25) is 0 Å². The van der Waals surface area contributed by atoms with E-state index in [2.05, 4.69) is 44.3 Å². The Morgan fingerprint density at radius 1 is 1.40 bits per heavy atom. The lowest BCUT2D eigenvalue weighted by atomic mass is 10.0. The molecule has 0 radical (unpaired) electrons. The molecule has 1 N–H and O–H groups in total. The van der Waals surface area contributed by atoms with E-state index >= 15 is 0 Å². The largest absolute Gasteiger partial charge is 0.308 e. The monoisotopic (exact) mass is 221 g/mol. The molecule has 82 valence electrons. The van der Waals surface area contributed by atoms with Gasteiger partial charge in [0.1, 0.15) is 0 Å². The molecular formula is C13H19NS. The highest BCUT2D eigenvalue weighted by molar-refractivity contribution is 7.99. The minimum absolute atomic E-state index is 0.557. The topological polar surface area (TPSA) is 12.0 Å². The smallest absolute Gasteiger partial charge is 0.0341 e. The molecule has 1 aromatic rings. The van der Waals surface area contributed by atoms with Gasteiger partial charge in [0.25, 0.3) is 0 Å². The summed E-state index contributed by atoms with van der Waals surface area (Å²) in [7, 11) is 0. The van der Waals surface area contributed by atoms with Crippen LogP contribution in [-0.2, 0) is 0 Å². The van der Waals surface area contributed by atoms with Crippen LogP contribution in [0.5, 0.6) is 0 Å². The fraction of sp³-hybridized carbons (Fsp3) is 0.538. The molecule has 1 atom stereocenters. The van der Waals surface area contributed by atoms with Gasteiger partial charge in [0, 0.05) is 17.0 Å². The quantitative estimate of drug-likeness (QED) is 0.820. The summed E-state index contributed by atoms with van der Waals surface area (Å²) >= 11 is 1.99. The lowest BCUT2D eigenvalue weighted by molar-refractivity contribution is 0.459. The molecule has 1 nitrogen and oxygen atoms in total. The van der Waals surface area contributed by atoms with E-state index in [0.717, 1.165) is 0 Å². The second-order valence-electron chi connectivity index (χ2n) is 4.55. The number of aryl methyl sites for hydroxylation is 1. The van der Waals surface area contributed by atoms with Gasteiger partial charge in [-0.05, 0) is 30.7 Å². The zero-order valence-electron chi connectivity index (χ0n) is 9.71. The van der Waals surface area contributed by atoms with E-state index in [1.165, 1.54) is 28.2 Å². The third-order valence-electron chi connectivity index (χ3n) is 2.74. The molecule has 0 fully saturated rings. The molecule has 1 unspecified atom stereocenters. The normalized spacial score (nSPS) is 20.4. The highest BCUT2D eigenvalue weighted by atomic mass is 32.2. The fourth-order valence-electron chi connectivity index (χ4n) is 2.09. The number of hydrogen-bond donors (Lipinski definition) is 1. The van der Waals surface area contributed by atoms with Gasteiger partial charge in [-0.3, -0.25) is 0 Å². The zero-order chi connectivity index (χ0) is 10.8. The van der Waals surface area contributed by atoms with E-state index in [-0.39, 0.29) is 0 Å². The standard InChI is InChI=1S/C13H19NS/c1-9(2)14-12-6-7-15-13-5-4-10(3)8-11(12)13/h4-5,8-9,12,14H,6-7H2,1-3H3. The van der Waals surface area contributed by atoms with Gasteiger partial charge in [0.15, 0.2) is 0 Å². The molecule has 0 amide bonds. The molecule has 1 aliphatic rings. The van der Waals surface area contributed by atoms with Crippen LogP contribution < -0.4 is 5.32 Å². The van der Waals surface area contributed by atoms with Crippen LogP contribution in [0.25, 0.3) is 0 Å². The Kier molecular flexibility index (Phi) is 3.37. The molecule has 0 aliphatic carbocycles. The molecule has 0 bridgehead atoms. The highest BCUT2D eigenvalue weighted by Crippen LogP contribution is 2.36. The van der Waals surface area contributed by atoms with Crippen molar-refractivity contribution < 1.29 is 0 Å². The van der Waals surface area contributed by atoms with Crippen LogP contribution in [0.3, 0.4) is 0 Å². The first-order valence-corrected chi connectivity index (χ1v) is 6.65. The van der Waals surface area contributed by atoms with Crippen molar-refractivity contribution in [2.45, 2.75) is 44.2 Å². The molecule has 0 saturated carbocycles. The Labute approximate surface area is 96.7 Å². The van der Waals surface area contributed by atoms with Crippen LogP contribution in [-0.4, -0.2) is 11.8 Å². The van der Waals surface area contributed by atoms with E-state index in [0.29, 0.717) is 12.1 Å². The first-order valence-electron chi connectivity index (χ1n) is 5.66. The van der Waals surface area contributed by atoms with Crippen molar-refractivity contribution in [1.82, 2.24) is 5.32 Å². The summed E-state index contributed by atoms with van der Waals surface area (Å²) in [6.07, 6.45) is 1.25. The minimum atomic E-state index is 0.557. The summed E-state index contributed by atoms with van der Waals surface area (Å²) in [5, 5.41) is 3.65. The van der Waals surface area contributed by atoms with Crippen molar-refractivity contribution in [3.63, 3.8) is 0 Å². The van der Waals surface area contributed by atoms with Crippen LogP contribution >= 0.6 is 11.8 Å². The summed E-state index contributed by atoms with van der Waals surface area (Å²) in [6, 6.07) is 7.93. The van der Waals surface area contributed by atoms with E-state index in [1.54, 1.807) is 0 Å². The van der Waals surface area contributed by atoms with E-state index in [9.17, 15) is 0 Å². The summed E-state index contributed by atoms with van der Waals surface area (Å²) in [5.74, 6) is 1.24. The van der Waals surface area contributed by atoms with E-state index in [4.69, 9.17) is 0 Å². The lowest BCUT2D eigenvalue weighted by Crippen LogP contribution is -2.30. The number of fused-ring (bicyclic) bond motifs is 1. The van der Waals surface area contributed by atoms with E-state index in [1.807, 2.05) is 11.8 Å². The summed E-state index contributed by atoms with van der Waals surface area (Å²) in [6.45, 7) is 6.61. The maximum Gasteiger partial charge on any atom is 0.0341 e. The first-order chi connectivity index (χ1) is 7.16. The van der Waals surface area contributed by atoms with Gasteiger partial charge in [-0.1, -0.05) is 31.5 Å². The van der Waals surface area contributed by atoms with Crippen molar-refractivity contribution in [1.29, 1.82) is 0 Å². The van der Waals surface area contributed by atoms with E-state index < -0.39 is 0 Å². The average Bonchev–Trinajstić information content (AvgIpc) is 2.18. The zero-order valence-corrected chi connectivity index (χ0v) is 10.5. The SMILES string of the molecule is Cc1ccc2c(c1)C(NC(C)C)CCS2. The van der Waals surface area contributed by atoms with Gasteiger partial charge in [-0.15, -0.1) is 11.8 Å². The molecule has 1 heterocycles. The molecule has 0 saturated heterocycles. The second kappa shape index (κ2) is 4.58. The number of thioether (sulfide) groups is 1. The maximum absolute atomic E-state index is 3.65. The Bertz CT molecular complexity index is 346. The van der Waals surface area contributed by atoms with Gasteiger partial charge >= 0.3 is 0 Å². The third kappa shape index (κ3) is 2.56. The Morgan fingerprint density at radius 2 is 2.20 bits per heavy atom. The van der Waals surface area contributed by atoms with Gasteiger partial charge < -0.3 is 5.32 Å². The average molecular weight is 221 g/mol. The highest BCUT2D eigenvalue weighted by Gasteiger charge is 2.20. The number of rotatable bonds is 2. The van der Waals surface area contributed by atoms with Gasteiger partial charge in [0.2, 0.25) is 0 Å². The summed E-state index contributed by atoms with van der Waals surface area (Å²) < 4.78 is 0. The Hall–Kier alpha value is -0.470. The fourth-order valence-corrected chi connectivity index (χ4v) is 3.19. The third-order valence-corrected chi connectivity index (χ3v) is 3.86. The molecule has 2 rings (SSSR count). The van der Waals surface area contributed by atoms with Gasteiger partial charge in [-0.2, -0.15) is 0 Å².